The van der Waals surface area contributed by atoms with Crippen molar-refractivity contribution in [2.24, 2.45) is 0 Å². The van der Waals surface area contributed by atoms with Gasteiger partial charge in [0.15, 0.2) is 9.84 Å². The summed E-state index contributed by atoms with van der Waals surface area (Å²) in [5.74, 6) is -0.120. The van der Waals surface area contributed by atoms with E-state index < -0.39 is 25.4 Å². The van der Waals surface area contributed by atoms with Crippen molar-refractivity contribution < 1.29 is 16.8 Å². The van der Waals surface area contributed by atoms with Crippen LogP contribution in [0.5, 0.6) is 0 Å². The molecule has 1 atom stereocenters. The minimum atomic E-state index is -3.70. The van der Waals surface area contributed by atoms with Crippen LogP contribution in [0.2, 0.25) is 0 Å². The summed E-state index contributed by atoms with van der Waals surface area (Å²) in [5.41, 5.74) is -0.278. The first-order valence-electron chi connectivity index (χ1n) is 5.94. The Bertz CT molecular complexity index is 694. The number of hydrogen-bond donors (Lipinski definition) is 1. The maximum Gasteiger partial charge on any atom is 0.241 e. The Balaban J connectivity index is 2.31. The topological polar surface area (TPSA) is 80.3 Å². The zero-order valence-corrected chi connectivity index (χ0v) is 12.5. The van der Waals surface area contributed by atoms with Crippen molar-refractivity contribution in [3.05, 3.63) is 29.8 Å². The first-order chi connectivity index (χ1) is 8.64. The van der Waals surface area contributed by atoms with E-state index in [-0.39, 0.29) is 16.4 Å². The smallest absolute Gasteiger partial charge is 0.229 e. The molecule has 1 N–H and O–H groups in total. The molecule has 1 aromatic rings. The van der Waals surface area contributed by atoms with E-state index in [0.717, 1.165) is 0 Å². The van der Waals surface area contributed by atoms with Crippen LogP contribution in [-0.4, -0.2) is 33.9 Å². The lowest BCUT2D eigenvalue weighted by molar-refractivity contribution is 0.461. The van der Waals surface area contributed by atoms with Gasteiger partial charge in [-0.3, -0.25) is 0 Å². The van der Waals surface area contributed by atoms with Gasteiger partial charge in [-0.15, -0.1) is 0 Å². The fourth-order valence-electron chi connectivity index (χ4n) is 2.33. The van der Waals surface area contributed by atoms with Crippen LogP contribution in [0, 0.1) is 6.92 Å². The number of aryl methyl sites for hydroxylation is 1. The maximum atomic E-state index is 12.3. The van der Waals surface area contributed by atoms with Gasteiger partial charge in [-0.2, -0.15) is 0 Å². The molecule has 1 heterocycles. The molecule has 0 amide bonds. The first-order valence-corrected chi connectivity index (χ1v) is 9.24. The predicted molar refractivity (Wildman–Crippen MR) is 73.2 cm³/mol. The van der Waals surface area contributed by atoms with Crippen molar-refractivity contribution >= 4 is 19.9 Å². The highest BCUT2D eigenvalue weighted by Crippen LogP contribution is 2.26. The first kappa shape index (κ1) is 14.5. The van der Waals surface area contributed by atoms with E-state index in [9.17, 15) is 16.8 Å². The van der Waals surface area contributed by atoms with E-state index in [4.69, 9.17) is 0 Å². The number of rotatable bonds is 3. The minimum Gasteiger partial charge on any atom is -0.229 e. The highest BCUT2D eigenvalue weighted by molar-refractivity contribution is 7.92. The summed E-state index contributed by atoms with van der Waals surface area (Å²) in [7, 11) is -6.84. The highest BCUT2D eigenvalue weighted by Gasteiger charge is 2.41. The summed E-state index contributed by atoms with van der Waals surface area (Å²) in [4.78, 5) is 0.195. The van der Waals surface area contributed by atoms with Gasteiger partial charge in [0.1, 0.15) is 0 Å². The lowest BCUT2D eigenvalue weighted by Crippen LogP contribution is -2.46. The molecule has 106 valence electrons. The van der Waals surface area contributed by atoms with Crippen LogP contribution in [0.3, 0.4) is 0 Å². The van der Waals surface area contributed by atoms with E-state index in [1.807, 2.05) is 0 Å². The van der Waals surface area contributed by atoms with Crippen LogP contribution in [0.1, 0.15) is 18.9 Å². The molecule has 1 aliphatic rings. The molecule has 0 saturated carbocycles. The van der Waals surface area contributed by atoms with Crippen LogP contribution < -0.4 is 4.72 Å². The number of benzene rings is 1. The molecular weight excluding hydrogens is 286 g/mol. The largest absolute Gasteiger partial charge is 0.241 e. The molecule has 5 nitrogen and oxygen atoms in total. The molecule has 0 radical (unpaired) electrons. The summed E-state index contributed by atoms with van der Waals surface area (Å²) in [6.45, 7) is 3.34. The SMILES string of the molecule is Cc1ccccc1S(=O)(=O)NC1(C)CCS(=O)(=O)C1. The normalized spacial score (nSPS) is 26.4. The molecule has 1 aliphatic heterocycles. The van der Waals surface area contributed by atoms with Crippen molar-refractivity contribution in [1.29, 1.82) is 0 Å². The highest BCUT2D eigenvalue weighted by atomic mass is 32.2. The van der Waals surface area contributed by atoms with E-state index in [1.165, 1.54) is 6.07 Å². The third-order valence-corrected chi connectivity index (χ3v) is 6.97. The molecule has 1 fully saturated rings. The van der Waals surface area contributed by atoms with Crippen molar-refractivity contribution in [2.75, 3.05) is 11.5 Å². The Morgan fingerprint density at radius 1 is 1.26 bits per heavy atom. The lowest BCUT2D eigenvalue weighted by Gasteiger charge is -2.24. The van der Waals surface area contributed by atoms with Crippen molar-refractivity contribution in [3.63, 3.8) is 0 Å². The lowest BCUT2D eigenvalue weighted by atomic mass is 10.0. The Kier molecular flexibility index (Phi) is 3.49. The number of nitrogens with one attached hydrogen (secondary N) is 1. The maximum absolute atomic E-state index is 12.3. The van der Waals surface area contributed by atoms with Crippen molar-refractivity contribution in [3.8, 4) is 0 Å². The summed E-state index contributed by atoms with van der Waals surface area (Å²) in [5, 5.41) is 0. The molecule has 1 saturated heterocycles. The molecule has 7 heteroatoms. The zero-order valence-electron chi connectivity index (χ0n) is 10.9. The van der Waals surface area contributed by atoms with Crippen molar-refractivity contribution in [2.45, 2.75) is 30.7 Å². The fourth-order valence-corrected chi connectivity index (χ4v) is 6.20. The Morgan fingerprint density at radius 2 is 1.89 bits per heavy atom. The van der Waals surface area contributed by atoms with Gasteiger partial charge in [0.2, 0.25) is 10.0 Å². The summed E-state index contributed by atoms with van der Waals surface area (Å²) < 4.78 is 50.2. The predicted octanol–water partition coefficient (Wildman–Crippen LogP) is 0.851. The fraction of sp³-hybridized carbons (Fsp3) is 0.500. The van der Waals surface area contributed by atoms with Crippen LogP contribution in [0.25, 0.3) is 0 Å². The van der Waals surface area contributed by atoms with Gasteiger partial charge in [0, 0.05) is 5.54 Å². The zero-order chi connectivity index (χ0) is 14.3. The van der Waals surface area contributed by atoms with Gasteiger partial charge in [0.25, 0.3) is 0 Å². The molecule has 19 heavy (non-hydrogen) atoms. The summed E-state index contributed by atoms with van der Waals surface area (Å²) in [6.07, 6.45) is 0.306. The summed E-state index contributed by atoms with van der Waals surface area (Å²) >= 11 is 0. The van der Waals surface area contributed by atoms with Gasteiger partial charge in [-0.05, 0) is 31.9 Å². The quantitative estimate of drug-likeness (QED) is 0.897. The molecule has 1 unspecified atom stereocenters. The second-order valence-corrected chi connectivity index (χ2v) is 9.11. The van der Waals surface area contributed by atoms with Crippen LogP contribution >= 0.6 is 0 Å². The Labute approximate surface area is 114 Å². The number of sulfonamides is 1. The van der Waals surface area contributed by atoms with Crippen LogP contribution in [0.15, 0.2) is 29.2 Å². The molecule has 0 spiro atoms. The Hall–Kier alpha value is -0.920. The molecule has 1 aromatic carbocycles. The van der Waals surface area contributed by atoms with Gasteiger partial charge < -0.3 is 0 Å². The van der Waals surface area contributed by atoms with Gasteiger partial charge in [0.05, 0.1) is 16.4 Å². The molecular formula is C12H17NO4S2. The van der Waals surface area contributed by atoms with Crippen LogP contribution in [0.4, 0.5) is 0 Å². The Morgan fingerprint density at radius 3 is 2.42 bits per heavy atom. The van der Waals surface area contributed by atoms with E-state index in [1.54, 1.807) is 32.0 Å². The molecule has 0 bridgehead atoms. The standard InChI is InChI=1S/C12H17NO4S2/c1-10-5-3-4-6-11(10)19(16,17)13-12(2)7-8-18(14,15)9-12/h3-6,13H,7-9H2,1-2H3. The van der Waals surface area contributed by atoms with E-state index in [2.05, 4.69) is 4.72 Å². The van der Waals surface area contributed by atoms with E-state index in [0.29, 0.717) is 12.0 Å². The molecule has 0 aromatic heterocycles. The summed E-state index contributed by atoms with van der Waals surface area (Å²) in [6, 6.07) is 6.64. The van der Waals surface area contributed by atoms with Gasteiger partial charge in [-0.1, -0.05) is 18.2 Å². The third kappa shape index (κ3) is 3.16. The molecule has 2 rings (SSSR count). The average Bonchev–Trinajstić information content (AvgIpc) is 2.52. The van der Waals surface area contributed by atoms with Gasteiger partial charge in [-0.25, -0.2) is 21.6 Å². The van der Waals surface area contributed by atoms with Gasteiger partial charge >= 0.3 is 0 Å². The number of hydrogen-bond acceptors (Lipinski definition) is 4. The van der Waals surface area contributed by atoms with E-state index >= 15 is 0 Å². The third-order valence-electron chi connectivity index (χ3n) is 3.27. The number of sulfone groups is 1. The average molecular weight is 303 g/mol. The van der Waals surface area contributed by atoms with Crippen LogP contribution in [-0.2, 0) is 19.9 Å². The monoisotopic (exact) mass is 303 g/mol. The second-order valence-electron chi connectivity index (χ2n) is 5.27. The second kappa shape index (κ2) is 4.57. The minimum absolute atomic E-state index is 0.0276. The molecule has 0 aliphatic carbocycles. The van der Waals surface area contributed by atoms with Crippen molar-refractivity contribution in [1.82, 2.24) is 4.72 Å².